The van der Waals surface area contributed by atoms with Crippen LogP contribution >= 0.6 is 11.3 Å². The van der Waals surface area contributed by atoms with Gasteiger partial charge in [-0.2, -0.15) is 0 Å². The minimum Gasteiger partial charge on any atom is -0.508 e. The number of nitrogens with zero attached hydrogens (tertiary/aromatic N) is 2. The second kappa shape index (κ2) is 5.99. The van der Waals surface area contributed by atoms with Gasteiger partial charge in [0.15, 0.2) is 5.82 Å². The molecule has 5 heteroatoms. The summed E-state index contributed by atoms with van der Waals surface area (Å²) in [7, 11) is 0. The van der Waals surface area contributed by atoms with Crippen molar-refractivity contribution in [1.29, 1.82) is 0 Å². The number of benzene rings is 1. The minimum atomic E-state index is 0.215. The number of nitrogens with one attached hydrogen (secondary N) is 1. The number of aromatic hydroxyl groups is 1. The van der Waals surface area contributed by atoms with Crippen molar-refractivity contribution in [2.45, 2.75) is 6.92 Å². The van der Waals surface area contributed by atoms with Crippen molar-refractivity contribution in [2.24, 2.45) is 0 Å². The molecule has 0 atom stereocenters. The second-order valence-corrected chi connectivity index (χ2v) is 5.86. The van der Waals surface area contributed by atoms with Gasteiger partial charge >= 0.3 is 0 Å². The highest BCUT2D eigenvalue weighted by Gasteiger charge is 2.10. The maximum Gasteiger partial charge on any atom is 0.151 e. The van der Waals surface area contributed by atoms with E-state index in [0.29, 0.717) is 0 Å². The number of rotatable bonds is 4. The van der Waals surface area contributed by atoms with Crippen LogP contribution in [0.3, 0.4) is 0 Å². The van der Waals surface area contributed by atoms with Crippen LogP contribution in [0.2, 0.25) is 0 Å². The van der Waals surface area contributed by atoms with E-state index in [1.54, 1.807) is 35.6 Å². The average molecular weight is 309 g/mol. The zero-order valence-electron chi connectivity index (χ0n) is 12.1. The molecule has 2 aromatic heterocycles. The number of hydrogen-bond donors (Lipinski definition) is 2. The van der Waals surface area contributed by atoms with E-state index in [1.807, 2.05) is 25.1 Å². The van der Waals surface area contributed by atoms with Crippen molar-refractivity contribution in [3.05, 3.63) is 60.3 Å². The molecular weight excluding hydrogens is 294 g/mol. The normalized spacial score (nSPS) is 11.6. The Hall–Kier alpha value is -2.66. The number of allylic oxidation sites excluding steroid dienone is 3. The van der Waals surface area contributed by atoms with Crippen LogP contribution in [0.1, 0.15) is 11.8 Å². The van der Waals surface area contributed by atoms with Gasteiger partial charge in [-0.15, -0.1) is 11.3 Å². The highest BCUT2D eigenvalue weighted by Crippen LogP contribution is 2.34. The van der Waals surface area contributed by atoms with E-state index in [-0.39, 0.29) is 5.75 Å². The molecule has 0 aliphatic heterocycles. The van der Waals surface area contributed by atoms with Crippen LogP contribution in [0.4, 0.5) is 11.5 Å². The predicted octanol–water partition coefficient (Wildman–Crippen LogP) is 4.73. The molecule has 0 amide bonds. The van der Waals surface area contributed by atoms with Gasteiger partial charge in [-0.05, 0) is 30.7 Å². The summed E-state index contributed by atoms with van der Waals surface area (Å²) in [6.07, 6.45) is 5.29. The fourth-order valence-corrected chi connectivity index (χ4v) is 3.15. The van der Waals surface area contributed by atoms with Gasteiger partial charge in [0.2, 0.25) is 0 Å². The third kappa shape index (κ3) is 2.84. The number of thiophene rings is 1. The number of anilines is 2. The van der Waals surface area contributed by atoms with Crippen molar-refractivity contribution in [1.82, 2.24) is 9.97 Å². The molecule has 2 heterocycles. The second-order valence-electron chi connectivity index (χ2n) is 4.81. The molecule has 3 aromatic rings. The Morgan fingerprint density at radius 1 is 1.32 bits per heavy atom. The van der Waals surface area contributed by atoms with Gasteiger partial charge in [0.05, 0.1) is 10.2 Å². The first kappa shape index (κ1) is 14.3. The molecule has 0 unspecified atom stereocenters. The van der Waals surface area contributed by atoms with Crippen LogP contribution in [0, 0.1) is 0 Å². The summed E-state index contributed by atoms with van der Waals surface area (Å²) in [4.78, 5) is 9.77. The maximum atomic E-state index is 9.55. The Morgan fingerprint density at radius 3 is 2.95 bits per heavy atom. The molecule has 0 bridgehead atoms. The summed E-state index contributed by atoms with van der Waals surface area (Å²) in [6.45, 7) is 5.77. The lowest BCUT2D eigenvalue weighted by Gasteiger charge is -2.06. The maximum absolute atomic E-state index is 9.55. The molecule has 0 saturated carbocycles. The first-order chi connectivity index (χ1) is 10.7. The molecule has 0 spiro atoms. The van der Waals surface area contributed by atoms with Crippen LogP contribution in [-0.4, -0.2) is 15.1 Å². The summed E-state index contributed by atoms with van der Waals surface area (Å²) < 4.78 is 0.984. The van der Waals surface area contributed by atoms with Crippen LogP contribution < -0.4 is 5.32 Å². The average Bonchev–Trinajstić information content (AvgIpc) is 2.93. The standard InChI is InChI=1S/C17H15N3OS/c1-3-5-11(2)15-9-14-16(22-15)17(19-10-18-14)20-12-6-4-7-13(21)8-12/h3-10,21H,1H2,2H3,(H,18,19,20)/b11-5+. The van der Waals surface area contributed by atoms with Crippen molar-refractivity contribution in [3.63, 3.8) is 0 Å². The van der Waals surface area contributed by atoms with E-state index >= 15 is 0 Å². The van der Waals surface area contributed by atoms with E-state index in [0.717, 1.165) is 32.2 Å². The smallest absolute Gasteiger partial charge is 0.151 e. The van der Waals surface area contributed by atoms with Gasteiger partial charge < -0.3 is 10.4 Å². The summed E-state index contributed by atoms with van der Waals surface area (Å²) in [5.41, 5.74) is 2.82. The molecule has 2 N–H and O–H groups in total. The molecule has 0 aliphatic rings. The lowest BCUT2D eigenvalue weighted by molar-refractivity contribution is 0.475. The number of aromatic nitrogens is 2. The summed E-state index contributed by atoms with van der Waals surface area (Å²) >= 11 is 1.63. The van der Waals surface area contributed by atoms with Crippen LogP contribution in [0.5, 0.6) is 5.75 Å². The fraction of sp³-hybridized carbons (Fsp3) is 0.0588. The zero-order chi connectivity index (χ0) is 15.5. The topological polar surface area (TPSA) is 58.0 Å². The molecule has 0 fully saturated rings. The molecule has 22 heavy (non-hydrogen) atoms. The first-order valence-electron chi connectivity index (χ1n) is 6.77. The molecule has 0 aliphatic carbocycles. The fourth-order valence-electron chi connectivity index (χ4n) is 2.12. The summed E-state index contributed by atoms with van der Waals surface area (Å²) in [5.74, 6) is 0.949. The van der Waals surface area contributed by atoms with E-state index in [1.165, 1.54) is 6.33 Å². The third-order valence-corrected chi connectivity index (χ3v) is 4.44. The number of phenolic OH excluding ortho intramolecular Hbond substituents is 1. The van der Waals surface area contributed by atoms with Crippen molar-refractivity contribution < 1.29 is 5.11 Å². The third-order valence-electron chi connectivity index (χ3n) is 3.18. The van der Waals surface area contributed by atoms with E-state index < -0.39 is 0 Å². The van der Waals surface area contributed by atoms with Crippen molar-refractivity contribution >= 4 is 38.6 Å². The zero-order valence-corrected chi connectivity index (χ0v) is 12.9. The van der Waals surface area contributed by atoms with Gasteiger partial charge in [-0.25, -0.2) is 9.97 Å². The Labute approximate surface area is 132 Å². The molecular formula is C17H15N3OS. The first-order valence-corrected chi connectivity index (χ1v) is 7.59. The molecule has 1 aromatic carbocycles. The van der Waals surface area contributed by atoms with Crippen LogP contribution in [-0.2, 0) is 0 Å². The molecule has 110 valence electrons. The molecule has 4 nitrogen and oxygen atoms in total. The predicted molar refractivity (Wildman–Crippen MR) is 92.7 cm³/mol. The lowest BCUT2D eigenvalue weighted by Crippen LogP contribution is -1.93. The Balaban J connectivity index is 2.03. The van der Waals surface area contributed by atoms with Gasteiger partial charge in [-0.3, -0.25) is 0 Å². The monoisotopic (exact) mass is 309 g/mol. The van der Waals surface area contributed by atoms with Gasteiger partial charge in [0, 0.05) is 16.6 Å². The molecule has 0 radical (unpaired) electrons. The van der Waals surface area contributed by atoms with Gasteiger partial charge in [-0.1, -0.05) is 24.8 Å². The minimum absolute atomic E-state index is 0.215. The number of fused-ring (bicyclic) bond motifs is 1. The SMILES string of the molecule is C=C/C=C(\C)c1cc2ncnc(Nc3cccc(O)c3)c2s1. The Morgan fingerprint density at radius 2 is 2.18 bits per heavy atom. The summed E-state index contributed by atoms with van der Waals surface area (Å²) in [5, 5.41) is 12.8. The molecule has 0 saturated heterocycles. The molecule has 3 rings (SSSR count). The Kier molecular flexibility index (Phi) is 3.89. The highest BCUT2D eigenvalue weighted by atomic mass is 32.1. The number of phenols is 1. The van der Waals surface area contributed by atoms with Gasteiger partial charge in [0.25, 0.3) is 0 Å². The van der Waals surface area contributed by atoms with E-state index in [9.17, 15) is 5.11 Å². The van der Waals surface area contributed by atoms with E-state index in [2.05, 4.69) is 21.9 Å². The van der Waals surface area contributed by atoms with Crippen LogP contribution in [0.15, 0.2) is 55.4 Å². The van der Waals surface area contributed by atoms with E-state index in [4.69, 9.17) is 0 Å². The number of hydrogen-bond acceptors (Lipinski definition) is 5. The quantitative estimate of drug-likeness (QED) is 0.684. The lowest BCUT2D eigenvalue weighted by atomic mass is 10.2. The summed E-state index contributed by atoms with van der Waals surface area (Å²) in [6, 6.07) is 9.00. The van der Waals surface area contributed by atoms with Crippen LogP contribution in [0.25, 0.3) is 15.8 Å². The van der Waals surface area contributed by atoms with Crippen molar-refractivity contribution in [2.75, 3.05) is 5.32 Å². The highest BCUT2D eigenvalue weighted by molar-refractivity contribution is 7.20. The van der Waals surface area contributed by atoms with Gasteiger partial charge in [0.1, 0.15) is 12.1 Å². The largest absolute Gasteiger partial charge is 0.508 e. The Bertz CT molecular complexity index is 867. The van der Waals surface area contributed by atoms with Crippen molar-refractivity contribution in [3.8, 4) is 5.75 Å².